The van der Waals surface area contributed by atoms with Crippen molar-refractivity contribution in [3.63, 3.8) is 0 Å². The lowest BCUT2D eigenvalue weighted by atomic mass is 10.1. The molecule has 23 heavy (non-hydrogen) atoms. The molecule has 0 atom stereocenters. The van der Waals surface area contributed by atoms with E-state index in [1.165, 1.54) is 0 Å². The van der Waals surface area contributed by atoms with Crippen molar-refractivity contribution in [1.82, 2.24) is 9.55 Å². The Kier molecular flexibility index (Phi) is 4.15. The third-order valence-electron chi connectivity index (χ3n) is 3.56. The van der Waals surface area contributed by atoms with Crippen molar-refractivity contribution in [3.8, 4) is 0 Å². The van der Waals surface area contributed by atoms with Crippen molar-refractivity contribution in [2.24, 2.45) is 4.99 Å². The summed E-state index contributed by atoms with van der Waals surface area (Å²) in [6.07, 6.45) is 3.42. The zero-order chi connectivity index (χ0) is 16.2. The summed E-state index contributed by atoms with van der Waals surface area (Å²) in [5, 5.41) is 0. The quantitative estimate of drug-likeness (QED) is 0.418. The largest absolute Gasteiger partial charge is 0.285 e. The van der Waals surface area contributed by atoms with Crippen molar-refractivity contribution >= 4 is 17.3 Å². The minimum absolute atomic E-state index is 0.132. The number of hydrogen-bond donors (Lipinski definition) is 0. The molecule has 0 amide bonds. The van der Waals surface area contributed by atoms with Gasteiger partial charge in [-0.05, 0) is 26.0 Å². The number of nitrogens with zero attached hydrogens (tertiary/aromatic N) is 3. The molecule has 2 aromatic carbocycles. The number of ketones is 1. The second kappa shape index (κ2) is 6.40. The van der Waals surface area contributed by atoms with Gasteiger partial charge in [0, 0.05) is 18.0 Å². The lowest BCUT2D eigenvalue weighted by molar-refractivity contribution is 0.106. The Morgan fingerprint density at radius 1 is 1.00 bits per heavy atom. The number of imidazole rings is 1. The van der Waals surface area contributed by atoms with E-state index < -0.39 is 0 Å². The molecule has 0 saturated heterocycles. The first kappa shape index (κ1) is 14.9. The first-order valence-electron chi connectivity index (χ1n) is 7.40. The Balaban J connectivity index is 2.09. The van der Waals surface area contributed by atoms with E-state index in [-0.39, 0.29) is 5.78 Å². The maximum absolute atomic E-state index is 12.9. The Bertz CT molecular complexity index is 846. The number of benzene rings is 2. The molecule has 0 fully saturated rings. The summed E-state index contributed by atoms with van der Waals surface area (Å²) in [6.45, 7) is 3.87. The Labute approximate surface area is 135 Å². The van der Waals surface area contributed by atoms with Crippen LogP contribution in [0.15, 0.2) is 72.0 Å². The fourth-order valence-electron chi connectivity index (χ4n) is 2.28. The minimum atomic E-state index is -0.132. The van der Waals surface area contributed by atoms with Crippen LogP contribution in [0, 0.1) is 13.8 Å². The number of Topliss-reactive ketones (excluding diaryl/α,β-unsaturated/α-hetero) is 1. The standard InChI is InChI=1S/C19H17N3O/c1-14-8-10-17(11-9-14)21-19(22-13-12-20-15(22)2)18(23)16-6-4-3-5-7-16/h3-13H,1-2H3. The van der Waals surface area contributed by atoms with Gasteiger partial charge in [0.2, 0.25) is 5.78 Å². The summed E-state index contributed by atoms with van der Waals surface area (Å²) in [4.78, 5) is 21.7. The highest BCUT2D eigenvalue weighted by molar-refractivity contribution is 6.46. The van der Waals surface area contributed by atoms with E-state index in [0.717, 1.165) is 17.1 Å². The van der Waals surface area contributed by atoms with Gasteiger partial charge in [-0.3, -0.25) is 9.36 Å². The van der Waals surface area contributed by atoms with Crippen LogP contribution in [0.25, 0.3) is 0 Å². The fourth-order valence-corrected chi connectivity index (χ4v) is 2.28. The SMILES string of the molecule is Cc1ccc(N=C(C(=O)c2ccccc2)n2ccnc2C)cc1. The van der Waals surface area contributed by atoms with Crippen molar-refractivity contribution < 1.29 is 4.79 Å². The van der Waals surface area contributed by atoms with Gasteiger partial charge >= 0.3 is 0 Å². The van der Waals surface area contributed by atoms with Crippen LogP contribution in [0.4, 0.5) is 5.69 Å². The molecule has 3 rings (SSSR count). The molecule has 1 heterocycles. The topological polar surface area (TPSA) is 47.2 Å². The monoisotopic (exact) mass is 303 g/mol. The third kappa shape index (κ3) is 3.26. The summed E-state index contributed by atoms with van der Waals surface area (Å²) in [6, 6.07) is 16.9. The van der Waals surface area contributed by atoms with E-state index in [1.54, 1.807) is 29.1 Å². The normalized spacial score (nSPS) is 11.5. The number of aryl methyl sites for hydroxylation is 2. The molecule has 1 aromatic heterocycles. The molecule has 0 spiro atoms. The number of aliphatic imine (C=N–C) groups is 1. The van der Waals surface area contributed by atoms with Gasteiger partial charge in [-0.15, -0.1) is 0 Å². The van der Waals surface area contributed by atoms with E-state index in [2.05, 4.69) is 9.98 Å². The van der Waals surface area contributed by atoms with E-state index >= 15 is 0 Å². The maximum Gasteiger partial charge on any atom is 0.228 e. The molecule has 0 N–H and O–H groups in total. The Morgan fingerprint density at radius 3 is 2.30 bits per heavy atom. The average molecular weight is 303 g/mol. The molecule has 114 valence electrons. The minimum Gasteiger partial charge on any atom is -0.285 e. The molecular formula is C19H17N3O. The molecule has 0 aliphatic heterocycles. The van der Waals surface area contributed by atoms with Crippen LogP contribution < -0.4 is 0 Å². The van der Waals surface area contributed by atoms with Gasteiger partial charge in [-0.2, -0.15) is 0 Å². The van der Waals surface area contributed by atoms with Gasteiger partial charge in [-0.25, -0.2) is 9.98 Å². The highest BCUT2D eigenvalue weighted by Gasteiger charge is 2.17. The summed E-state index contributed by atoms with van der Waals surface area (Å²) in [5.41, 5.74) is 2.49. The third-order valence-corrected chi connectivity index (χ3v) is 3.56. The fraction of sp³-hybridized carbons (Fsp3) is 0.105. The van der Waals surface area contributed by atoms with E-state index in [1.807, 2.05) is 56.3 Å². The second-order valence-electron chi connectivity index (χ2n) is 5.31. The number of aromatic nitrogens is 2. The molecule has 4 nitrogen and oxygen atoms in total. The van der Waals surface area contributed by atoms with Gasteiger partial charge in [0.05, 0.1) is 5.69 Å². The van der Waals surface area contributed by atoms with Crippen LogP contribution in [0.2, 0.25) is 0 Å². The van der Waals surface area contributed by atoms with Gasteiger partial charge in [0.1, 0.15) is 5.82 Å². The van der Waals surface area contributed by atoms with Crippen LogP contribution >= 0.6 is 0 Å². The summed E-state index contributed by atoms with van der Waals surface area (Å²) < 4.78 is 1.72. The highest BCUT2D eigenvalue weighted by Crippen LogP contribution is 2.15. The zero-order valence-corrected chi connectivity index (χ0v) is 13.1. The molecule has 0 radical (unpaired) electrons. The average Bonchev–Trinajstić information content (AvgIpc) is 3.00. The van der Waals surface area contributed by atoms with Crippen LogP contribution in [0.3, 0.4) is 0 Å². The van der Waals surface area contributed by atoms with Crippen LogP contribution in [0.5, 0.6) is 0 Å². The highest BCUT2D eigenvalue weighted by atomic mass is 16.1. The van der Waals surface area contributed by atoms with Gasteiger partial charge in [0.15, 0.2) is 5.84 Å². The zero-order valence-electron chi connectivity index (χ0n) is 13.1. The lowest BCUT2D eigenvalue weighted by Gasteiger charge is -2.09. The molecule has 0 unspecified atom stereocenters. The Morgan fingerprint density at radius 2 is 1.70 bits per heavy atom. The van der Waals surface area contributed by atoms with Gasteiger partial charge in [-0.1, -0.05) is 48.0 Å². The van der Waals surface area contributed by atoms with E-state index in [4.69, 9.17) is 0 Å². The van der Waals surface area contributed by atoms with Crippen molar-refractivity contribution in [2.45, 2.75) is 13.8 Å². The molecule has 4 heteroatoms. The van der Waals surface area contributed by atoms with Gasteiger partial charge in [0.25, 0.3) is 0 Å². The maximum atomic E-state index is 12.9. The number of hydrogen-bond acceptors (Lipinski definition) is 3. The van der Waals surface area contributed by atoms with Crippen LogP contribution in [-0.4, -0.2) is 21.2 Å². The predicted molar refractivity (Wildman–Crippen MR) is 91.4 cm³/mol. The molecule has 0 aliphatic carbocycles. The van der Waals surface area contributed by atoms with E-state index in [9.17, 15) is 4.79 Å². The number of rotatable bonds is 3. The lowest BCUT2D eigenvalue weighted by Crippen LogP contribution is -2.23. The molecule has 0 aliphatic rings. The summed E-state index contributed by atoms with van der Waals surface area (Å²) in [7, 11) is 0. The van der Waals surface area contributed by atoms with Crippen molar-refractivity contribution in [3.05, 3.63) is 83.9 Å². The molecular weight excluding hydrogens is 286 g/mol. The smallest absolute Gasteiger partial charge is 0.228 e. The summed E-state index contributed by atoms with van der Waals surface area (Å²) >= 11 is 0. The molecule has 3 aromatic rings. The molecule has 0 saturated carbocycles. The van der Waals surface area contributed by atoms with Crippen molar-refractivity contribution in [2.75, 3.05) is 0 Å². The molecule has 0 bridgehead atoms. The predicted octanol–water partition coefficient (Wildman–Crippen LogP) is 3.96. The summed E-state index contributed by atoms with van der Waals surface area (Å²) in [5.74, 6) is 0.933. The van der Waals surface area contributed by atoms with Gasteiger partial charge < -0.3 is 0 Å². The number of carbonyl (C=O) groups is 1. The van der Waals surface area contributed by atoms with Crippen molar-refractivity contribution in [1.29, 1.82) is 0 Å². The van der Waals surface area contributed by atoms with Crippen LogP contribution in [-0.2, 0) is 0 Å². The second-order valence-corrected chi connectivity index (χ2v) is 5.31. The number of carbonyl (C=O) groups excluding carboxylic acids is 1. The van der Waals surface area contributed by atoms with E-state index in [0.29, 0.717) is 11.4 Å². The first-order valence-corrected chi connectivity index (χ1v) is 7.40. The first-order chi connectivity index (χ1) is 11.1. The Hall–Kier alpha value is -3.01. The van der Waals surface area contributed by atoms with Crippen LogP contribution in [0.1, 0.15) is 21.7 Å².